The molecule has 4 aliphatic rings. The predicted molar refractivity (Wildman–Crippen MR) is 85.5 cm³/mol. The molecule has 4 aliphatic carbocycles. The van der Waals surface area contributed by atoms with Crippen molar-refractivity contribution in [2.75, 3.05) is 0 Å². The van der Waals surface area contributed by atoms with Crippen molar-refractivity contribution in [3.63, 3.8) is 0 Å². The summed E-state index contributed by atoms with van der Waals surface area (Å²) in [6, 6.07) is 0. The average Bonchev–Trinajstić information content (AvgIpc) is 2.72. The molecule has 114 valence electrons. The summed E-state index contributed by atoms with van der Waals surface area (Å²) in [5.41, 5.74) is 1.45. The zero-order valence-corrected chi connectivity index (χ0v) is 14.0. The van der Waals surface area contributed by atoms with Gasteiger partial charge in [0, 0.05) is 0 Å². The van der Waals surface area contributed by atoms with E-state index in [1.54, 1.807) is 44.9 Å². The zero-order valence-electron chi connectivity index (χ0n) is 14.0. The Labute approximate surface area is 126 Å². The summed E-state index contributed by atoms with van der Waals surface area (Å²) in [7, 11) is 0. The van der Waals surface area contributed by atoms with Crippen LogP contribution in [0, 0.1) is 40.4 Å². The van der Waals surface area contributed by atoms with Gasteiger partial charge in [-0.25, -0.2) is 0 Å². The Kier molecular flexibility index (Phi) is 3.07. The number of fused-ring (bicyclic) bond motifs is 5. The fraction of sp³-hybridized carbons (Fsp3) is 1.00. The molecular weight excluding hydrogens is 240 g/mol. The Bertz CT molecular complexity index is 385. The monoisotopic (exact) mass is 274 g/mol. The van der Waals surface area contributed by atoms with Crippen molar-refractivity contribution in [1.29, 1.82) is 0 Å². The van der Waals surface area contributed by atoms with Crippen LogP contribution >= 0.6 is 0 Å². The van der Waals surface area contributed by atoms with Crippen molar-refractivity contribution in [2.45, 2.75) is 85.0 Å². The van der Waals surface area contributed by atoms with Crippen molar-refractivity contribution in [3.05, 3.63) is 0 Å². The van der Waals surface area contributed by atoms with E-state index in [0.717, 1.165) is 40.4 Å². The molecule has 0 radical (unpaired) electrons. The van der Waals surface area contributed by atoms with Gasteiger partial charge in [0.2, 0.25) is 0 Å². The van der Waals surface area contributed by atoms with Gasteiger partial charge in [0.25, 0.3) is 0 Å². The van der Waals surface area contributed by atoms with Crippen LogP contribution in [0.15, 0.2) is 0 Å². The molecule has 20 heavy (non-hydrogen) atoms. The molecule has 0 aliphatic heterocycles. The van der Waals surface area contributed by atoms with Gasteiger partial charge < -0.3 is 0 Å². The van der Waals surface area contributed by atoms with Crippen LogP contribution < -0.4 is 0 Å². The quantitative estimate of drug-likeness (QED) is 0.504. The van der Waals surface area contributed by atoms with Gasteiger partial charge in [-0.15, -0.1) is 0 Å². The van der Waals surface area contributed by atoms with Crippen LogP contribution in [0.25, 0.3) is 0 Å². The molecule has 7 unspecified atom stereocenters. The molecule has 0 bridgehead atoms. The van der Waals surface area contributed by atoms with Gasteiger partial charge >= 0.3 is 0 Å². The van der Waals surface area contributed by atoms with Crippen LogP contribution in [0.3, 0.4) is 0 Å². The molecule has 0 heteroatoms. The lowest BCUT2D eigenvalue weighted by Gasteiger charge is -2.60. The van der Waals surface area contributed by atoms with Gasteiger partial charge in [-0.2, -0.15) is 0 Å². The lowest BCUT2D eigenvalue weighted by Crippen LogP contribution is -2.51. The molecule has 0 aromatic rings. The molecule has 0 N–H and O–H groups in total. The number of hydrogen-bond donors (Lipinski definition) is 0. The maximum atomic E-state index is 2.70. The second-order valence-electron chi connectivity index (χ2n) is 9.64. The summed E-state index contributed by atoms with van der Waals surface area (Å²) in [5, 5.41) is 0. The first kappa shape index (κ1) is 13.6. The van der Waals surface area contributed by atoms with E-state index in [-0.39, 0.29) is 0 Å². The maximum Gasteiger partial charge on any atom is -0.0266 e. The Morgan fingerprint density at radius 3 is 2.55 bits per heavy atom. The number of hydrogen-bond acceptors (Lipinski definition) is 0. The van der Waals surface area contributed by atoms with E-state index >= 15 is 0 Å². The van der Waals surface area contributed by atoms with Gasteiger partial charge in [-0.1, -0.05) is 33.6 Å². The molecule has 0 heterocycles. The van der Waals surface area contributed by atoms with Crippen LogP contribution in [0.2, 0.25) is 0 Å². The van der Waals surface area contributed by atoms with E-state index in [9.17, 15) is 0 Å². The highest BCUT2D eigenvalue weighted by atomic mass is 14.6. The van der Waals surface area contributed by atoms with E-state index in [1.807, 2.05) is 0 Å². The summed E-state index contributed by atoms with van der Waals surface area (Å²) >= 11 is 0. The Hall–Kier alpha value is 0. The minimum absolute atomic E-state index is 0.721. The molecule has 4 rings (SSSR count). The number of rotatable bonds is 0. The SMILES string of the molecule is CC1CC2C3CCC4CCCCC4(C)C3CCC2(C)C1. The van der Waals surface area contributed by atoms with Gasteiger partial charge in [-0.3, -0.25) is 0 Å². The van der Waals surface area contributed by atoms with Crippen molar-refractivity contribution in [3.8, 4) is 0 Å². The minimum Gasteiger partial charge on any atom is -0.0625 e. The summed E-state index contributed by atoms with van der Waals surface area (Å²) in [6.07, 6.45) is 15.5. The third-order valence-corrected chi connectivity index (χ3v) is 8.57. The predicted octanol–water partition coefficient (Wildman–Crippen LogP) is 6.06. The molecular formula is C20H34. The smallest absolute Gasteiger partial charge is 0.0266 e. The molecule has 0 spiro atoms. The second-order valence-corrected chi connectivity index (χ2v) is 9.64. The van der Waals surface area contributed by atoms with E-state index in [0.29, 0.717) is 0 Å². The third kappa shape index (κ3) is 1.78. The van der Waals surface area contributed by atoms with E-state index in [4.69, 9.17) is 0 Å². The third-order valence-electron chi connectivity index (χ3n) is 8.57. The van der Waals surface area contributed by atoms with Gasteiger partial charge in [0.15, 0.2) is 0 Å². The van der Waals surface area contributed by atoms with E-state index in [2.05, 4.69) is 20.8 Å². The molecule has 4 saturated carbocycles. The largest absolute Gasteiger partial charge is 0.0625 e. The first-order valence-corrected chi connectivity index (χ1v) is 9.53. The van der Waals surface area contributed by atoms with Crippen LogP contribution in [0.5, 0.6) is 0 Å². The standard InChI is InChI=1S/C20H34/c1-14-12-18-16-8-7-15-6-4-5-10-20(15,3)17(16)9-11-19(18,2)13-14/h14-18H,4-13H2,1-3H3. The van der Waals surface area contributed by atoms with Gasteiger partial charge in [-0.05, 0) is 91.8 Å². The fourth-order valence-corrected chi connectivity index (χ4v) is 7.72. The van der Waals surface area contributed by atoms with Crippen LogP contribution in [-0.2, 0) is 0 Å². The summed E-state index contributed by atoms with van der Waals surface area (Å²) in [6.45, 7) is 7.87. The van der Waals surface area contributed by atoms with Crippen LogP contribution in [-0.4, -0.2) is 0 Å². The van der Waals surface area contributed by atoms with Crippen molar-refractivity contribution in [1.82, 2.24) is 0 Å². The highest BCUT2D eigenvalue weighted by Crippen LogP contribution is 2.66. The van der Waals surface area contributed by atoms with Crippen molar-refractivity contribution in [2.24, 2.45) is 40.4 Å². The summed E-state index contributed by atoms with van der Waals surface area (Å²) in [4.78, 5) is 0. The fourth-order valence-electron chi connectivity index (χ4n) is 7.72. The minimum atomic E-state index is 0.721. The highest BCUT2D eigenvalue weighted by Gasteiger charge is 2.57. The normalized spacial score (nSPS) is 58.6. The highest BCUT2D eigenvalue weighted by molar-refractivity contribution is 5.07. The molecule has 0 nitrogen and oxygen atoms in total. The molecule has 0 aromatic carbocycles. The molecule has 0 saturated heterocycles. The first-order valence-electron chi connectivity index (χ1n) is 9.53. The van der Waals surface area contributed by atoms with Gasteiger partial charge in [0.1, 0.15) is 0 Å². The van der Waals surface area contributed by atoms with Crippen LogP contribution in [0.1, 0.15) is 85.0 Å². The molecule has 7 atom stereocenters. The zero-order chi connectivity index (χ0) is 14.0. The summed E-state index contributed by atoms with van der Waals surface area (Å²) < 4.78 is 0. The lowest BCUT2D eigenvalue weighted by atomic mass is 9.45. The Morgan fingerprint density at radius 1 is 0.850 bits per heavy atom. The average molecular weight is 274 g/mol. The van der Waals surface area contributed by atoms with Crippen molar-refractivity contribution < 1.29 is 0 Å². The Morgan fingerprint density at radius 2 is 1.70 bits per heavy atom. The second kappa shape index (κ2) is 4.50. The topological polar surface area (TPSA) is 0 Å². The first-order chi connectivity index (χ1) is 9.53. The van der Waals surface area contributed by atoms with Crippen LogP contribution in [0.4, 0.5) is 0 Å². The lowest BCUT2D eigenvalue weighted by molar-refractivity contribution is -0.103. The molecule has 4 fully saturated rings. The van der Waals surface area contributed by atoms with Gasteiger partial charge in [0.05, 0.1) is 0 Å². The summed E-state index contributed by atoms with van der Waals surface area (Å²) in [5.74, 6) is 5.35. The van der Waals surface area contributed by atoms with E-state index < -0.39 is 0 Å². The maximum absolute atomic E-state index is 2.70. The van der Waals surface area contributed by atoms with Crippen molar-refractivity contribution >= 4 is 0 Å². The van der Waals surface area contributed by atoms with E-state index in [1.165, 1.54) is 19.3 Å². The Balaban J connectivity index is 1.64. The molecule has 0 amide bonds. The molecule has 0 aromatic heterocycles.